The number of halogens is 3. The normalized spacial score (nSPS) is 13.5. The van der Waals surface area contributed by atoms with Crippen LogP contribution in [-0.4, -0.2) is 13.1 Å². The molecular weight excluding hydrogens is 228 g/mol. The first-order valence-corrected chi connectivity index (χ1v) is 5.81. The van der Waals surface area contributed by atoms with Gasteiger partial charge in [0.15, 0.2) is 0 Å². The van der Waals surface area contributed by atoms with Crippen LogP contribution in [0.25, 0.3) is 0 Å². The minimum absolute atomic E-state index is 0.0287. The van der Waals surface area contributed by atoms with E-state index in [1.54, 1.807) is 6.92 Å². The molecule has 0 heterocycles. The largest absolute Gasteiger partial charge is 0.509 e. The number of ether oxygens (including phenoxy) is 1. The summed E-state index contributed by atoms with van der Waals surface area (Å²) in [5, 5.41) is 0. The van der Waals surface area contributed by atoms with Crippen molar-refractivity contribution in [3.8, 4) is 5.75 Å². The van der Waals surface area contributed by atoms with Gasteiger partial charge >= 0.3 is 6.98 Å². The monoisotopic (exact) mass is 245 g/mol. The molecule has 5 heteroatoms. The molecule has 0 radical (unpaired) electrons. The summed E-state index contributed by atoms with van der Waals surface area (Å²) in [4.78, 5) is 0. The van der Waals surface area contributed by atoms with Gasteiger partial charge in [0.25, 0.3) is 0 Å². The molecule has 17 heavy (non-hydrogen) atoms. The predicted octanol–water partition coefficient (Wildman–Crippen LogP) is 3.62. The highest BCUT2D eigenvalue weighted by atomic mass is 19.4. The van der Waals surface area contributed by atoms with Gasteiger partial charge in [0.05, 0.1) is 6.10 Å². The van der Waals surface area contributed by atoms with E-state index in [1.165, 1.54) is 6.07 Å². The van der Waals surface area contributed by atoms with Crippen molar-refractivity contribution in [2.24, 2.45) is 0 Å². The van der Waals surface area contributed by atoms with Gasteiger partial charge in [-0.25, -0.2) is 0 Å². The van der Waals surface area contributed by atoms with E-state index in [0.717, 1.165) is 25.0 Å². The Morgan fingerprint density at radius 1 is 1.29 bits per heavy atom. The van der Waals surface area contributed by atoms with E-state index >= 15 is 0 Å². The van der Waals surface area contributed by atoms with E-state index in [1.807, 2.05) is 13.8 Å². The van der Waals surface area contributed by atoms with Gasteiger partial charge in [0.1, 0.15) is 5.75 Å². The van der Waals surface area contributed by atoms with Crippen LogP contribution in [0.3, 0.4) is 0 Å². The second kappa shape index (κ2) is 5.47. The first-order chi connectivity index (χ1) is 7.84. The number of hydrogen-bond donors (Lipinski definition) is 0. The second-order valence-corrected chi connectivity index (χ2v) is 4.32. The lowest BCUT2D eigenvalue weighted by Crippen LogP contribution is -2.34. The molecule has 1 unspecified atom stereocenters. The third kappa shape index (κ3) is 3.98. The van der Waals surface area contributed by atoms with E-state index in [4.69, 9.17) is 4.74 Å². The molecule has 0 saturated heterocycles. The summed E-state index contributed by atoms with van der Waals surface area (Å²) >= 11 is 0. The van der Waals surface area contributed by atoms with Crippen molar-refractivity contribution in [2.45, 2.75) is 39.7 Å². The third-order valence-electron chi connectivity index (χ3n) is 2.60. The van der Waals surface area contributed by atoms with Crippen molar-refractivity contribution in [1.29, 1.82) is 0 Å². The lowest BCUT2D eigenvalue weighted by Gasteiger charge is -2.19. The van der Waals surface area contributed by atoms with Crippen LogP contribution in [-0.2, 0) is 0 Å². The molecule has 1 atom stereocenters. The lowest BCUT2D eigenvalue weighted by molar-refractivity contribution is 0.208. The molecular formula is C12H17BF3O-. The van der Waals surface area contributed by atoms with Gasteiger partial charge in [-0.05, 0) is 31.9 Å². The third-order valence-corrected chi connectivity index (χ3v) is 2.60. The molecule has 0 bridgehead atoms. The molecule has 0 amide bonds. The molecule has 96 valence electrons. The molecule has 0 aliphatic heterocycles. The summed E-state index contributed by atoms with van der Waals surface area (Å²) in [6.07, 6.45) is 1.91. The van der Waals surface area contributed by atoms with E-state index in [9.17, 15) is 12.9 Å². The summed E-state index contributed by atoms with van der Waals surface area (Å²) in [5.41, 5.74) is -0.0392. The Morgan fingerprint density at radius 2 is 1.94 bits per heavy atom. The van der Waals surface area contributed by atoms with Gasteiger partial charge in [-0.1, -0.05) is 25.5 Å². The van der Waals surface area contributed by atoms with Gasteiger partial charge in [-0.15, -0.1) is 5.46 Å². The van der Waals surface area contributed by atoms with Crippen LogP contribution in [0, 0.1) is 6.92 Å². The zero-order chi connectivity index (χ0) is 13.1. The maximum absolute atomic E-state index is 12.5. The zero-order valence-electron chi connectivity index (χ0n) is 10.3. The van der Waals surface area contributed by atoms with Crippen molar-refractivity contribution >= 4 is 12.4 Å². The molecule has 1 aromatic carbocycles. The fourth-order valence-corrected chi connectivity index (χ4v) is 1.69. The Bertz CT molecular complexity index is 377. The molecule has 1 nitrogen and oxygen atoms in total. The second-order valence-electron chi connectivity index (χ2n) is 4.32. The Balaban J connectivity index is 2.83. The highest BCUT2D eigenvalue weighted by molar-refractivity contribution is 6.73. The maximum Gasteiger partial charge on any atom is 0.509 e. The maximum atomic E-state index is 12.5. The first-order valence-electron chi connectivity index (χ1n) is 5.81. The van der Waals surface area contributed by atoms with Crippen LogP contribution in [0.4, 0.5) is 12.9 Å². The summed E-state index contributed by atoms with van der Waals surface area (Å²) in [7, 11) is 0. The molecule has 0 aromatic heterocycles. The van der Waals surface area contributed by atoms with Gasteiger partial charge in [0, 0.05) is 0 Å². The number of benzene rings is 1. The van der Waals surface area contributed by atoms with Crippen molar-refractivity contribution in [2.75, 3.05) is 0 Å². The van der Waals surface area contributed by atoms with Crippen molar-refractivity contribution < 1.29 is 17.7 Å². The first kappa shape index (κ1) is 13.9. The van der Waals surface area contributed by atoms with E-state index in [2.05, 4.69) is 0 Å². The Labute approximate surface area is 100 Å². The fourth-order valence-electron chi connectivity index (χ4n) is 1.69. The summed E-state index contributed by atoms with van der Waals surface area (Å²) in [6.45, 7) is 0.677. The Morgan fingerprint density at radius 3 is 2.41 bits per heavy atom. The number of rotatable bonds is 5. The van der Waals surface area contributed by atoms with Crippen molar-refractivity contribution in [1.82, 2.24) is 0 Å². The molecule has 0 spiro atoms. The highest BCUT2D eigenvalue weighted by Crippen LogP contribution is 2.20. The molecule has 0 saturated carbocycles. The quantitative estimate of drug-likeness (QED) is 0.720. The Kier molecular flexibility index (Phi) is 4.49. The van der Waals surface area contributed by atoms with Gasteiger partial charge in [-0.3, -0.25) is 0 Å². The van der Waals surface area contributed by atoms with E-state index < -0.39 is 12.4 Å². The molecule has 1 aromatic rings. The number of hydrogen-bond acceptors (Lipinski definition) is 1. The minimum Gasteiger partial charge on any atom is -0.490 e. The standard InChI is InChI=1S/C12H17BF3O/c1-4-5-10(3)17-12-7-6-11(8-9(12)2)13(14,15)16/h6-8,10H,4-5H2,1-3H3/q-1. The van der Waals surface area contributed by atoms with E-state index in [0.29, 0.717) is 11.3 Å². The topological polar surface area (TPSA) is 9.23 Å². The SMILES string of the molecule is CCCC(C)Oc1ccc([B-](F)(F)F)cc1C. The molecule has 1 rings (SSSR count). The zero-order valence-corrected chi connectivity index (χ0v) is 10.3. The van der Waals surface area contributed by atoms with Gasteiger partial charge in [-0.2, -0.15) is 0 Å². The van der Waals surface area contributed by atoms with Crippen molar-refractivity contribution in [3.63, 3.8) is 0 Å². The molecule has 0 aliphatic carbocycles. The highest BCUT2D eigenvalue weighted by Gasteiger charge is 2.25. The smallest absolute Gasteiger partial charge is 0.490 e. The molecule has 0 N–H and O–H groups in total. The molecule has 0 fully saturated rings. The van der Waals surface area contributed by atoms with Crippen LogP contribution in [0.2, 0.25) is 0 Å². The van der Waals surface area contributed by atoms with Crippen LogP contribution < -0.4 is 10.2 Å². The Hall–Kier alpha value is -1.13. The van der Waals surface area contributed by atoms with Crippen LogP contribution in [0.5, 0.6) is 5.75 Å². The molecule has 0 aliphatic rings. The average molecular weight is 245 g/mol. The van der Waals surface area contributed by atoms with Gasteiger partial charge < -0.3 is 17.7 Å². The summed E-state index contributed by atoms with van der Waals surface area (Å²) in [6, 6.07) is 3.64. The van der Waals surface area contributed by atoms with Crippen LogP contribution in [0.1, 0.15) is 32.3 Å². The van der Waals surface area contributed by atoms with Crippen LogP contribution in [0.15, 0.2) is 18.2 Å². The fraction of sp³-hybridized carbons (Fsp3) is 0.500. The van der Waals surface area contributed by atoms with Gasteiger partial charge in [0.2, 0.25) is 0 Å². The minimum atomic E-state index is -4.93. The number of aryl methyl sites for hydroxylation is 1. The van der Waals surface area contributed by atoms with Crippen LogP contribution >= 0.6 is 0 Å². The van der Waals surface area contributed by atoms with E-state index in [-0.39, 0.29) is 6.10 Å². The predicted molar refractivity (Wildman–Crippen MR) is 64.9 cm³/mol. The summed E-state index contributed by atoms with van der Waals surface area (Å²) < 4.78 is 43.1. The average Bonchev–Trinajstić information content (AvgIpc) is 2.20. The summed E-state index contributed by atoms with van der Waals surface area (Å²) in [5.74, 6) is 0.537. The van der Waals surface area contributed by atoms with Crippen molar-refractivity contribution in [3.05, 3.63) is 23.8 Å². The lowest BCUT2D eigenvalue weighted by atomic mass is 9.79.